The third-order valence-corrected chi connectivity index (χ3v) is 3.89. The van der Waals surface area contributed by atoms with Gasteiger partial charge in [-0.15, -0.1) is 11.8 Å². The fourth-order valence-electron chi connectivity index (χ4n) is 1.73. The van der Waals surface area contributed by atoms with Crippen LogP contribution in [0, 0.1) is 11.3 Å². The van der Waals surface area contributed by atoms with E-state index in [4.69, 9.17) is 10.00 Å². The highest BCUT2D eigenvalue weighted by molar-refractivity contribution is 7.98. The highest BCUT2D eigenvalue weighted by Crippen LogP contribution is 2.26. The maximum absolute atomic E-state index is 10.6. The van der Waals surface area contributed by atoms with Crippen LogP contribution >= 0.6 is 11.8 Å². The Bertz CT molecular complexity index is 645. The van der Waals surface area contributed by atoms with Crippen molar-refractivity contribution >= 4 is 18.0 Å². The van der Waals surface area contributed by atoms with Crippen molar-refractivity contribution in [1.29, 1.82) is 5.26 Å². The molecule has 4 heteroatoms. The van der Waals surface area contributed by atoms with Crippen molar-refractivity contribution in [3.63, 3.8) is 0 Å². The van der Waals surface area contributed by atoms with E-state index < -0.39 is 0 Å². The third kappa shape index (κ3) is 3.40. The number of carbonyl (C=O) groups excluding carboxylic acids is 1. The number of nitrogens with zero attached hydrogens (tertiary/aromatic N) is 1. The zero-order valence-corrected chi connectivity index (χ0v) is 11.8. The minimum Gasteiger partial charge on any atom is -0.495 e. The summed E-state index contributed by atoms with van der Waals surface area (Å²) < 4.78 is 5.19. The maximum atomic E-state index is 10.6. The predicted molar refractivity (Wildman–Crippen MR) is 79.1 cm³/mol. The van der Waals surface area contributed by atoms with E-state index in [1.807, 2.05) is 24.3 Å². The minimum absolute atomic E-state index is 0.539. The molecule has 0 aliphatic carbocycles. The Labute approximate surface area is 122 Å². The average Bonchev–Trinajstić information content (AvgIpc) is 2.53. The highest BCUT2D eigenvalue weighted by Gasteiger charge is 2.04. The molecule has 0 radical (unpaired) electrons. The number of thioether (sulfide) groups is 1. The van der Waals surface area contributed by atoms with E-state index >= 15 is 0 Å². The summed E-state index contributed by atoms with van der Waals surface area (Å²) in [6.07, 6.45) is 0.833. The lowest BCUT2D eigenvalue weighted by Crippen LogP contribution is -1.90. The molecule has 0 saturated carbocycles. The van der Waals surface area contributed by atoms with Gasteiger partial charge >= 0.3 is 0 Å². The van der Waals surface area contributed by atoms with Gasteiger partial charge in [0.05, 0.1) is 12.7 Å². The van der Waals surface area contributed by atoms with Crippen LogP contribution in [0.3, 0.4) is 0 Å². The second kappa shape index (κ2) is 6.78. The van der Waals surface area contributed by atoms with Gasteiger partial charge in [-0.25, -0.2) is 0 Å². The van der Waals surface area contributed by atoms with Crippen LogP contribution in [0.5, 0.6) is 5.75 Å². The lowest BCUT2D eigenvalue weighted by molar-refractivity contribution is 0.112. The van der Waals surface area contributed by atoms with Gasteiger partial charge in [-0.3, -0.25) is 4.79 Å². The van der Waals surface area contributed by atoms with E-state index in [0.29, 0.717) is 16.9 Å². The number of benzene rings is 2. The maximum Gasteiger partial charge on any atom is 0.150 e. The normalized spacial score (nSPS) is 9.80. The molecule has 2 rings (SSSR count). The van der Waals surface area contributed by atoms with Gasteiger partial charge in [-0.1, -0.05) is 18.2 Å². The first kappa shape index (κ1) is 14.2. The summed E-state index contributed by atoms with van der Waals surface area (Å²) in [7, 11) is 1.56. The van der Waals surface area contributed by atoms with Crippen molar-refractivity contribution in [3.8, 4) is 11.8 Å². The molecule has 0 spiro atoms. The Balaban J connectivity index is 2.06. The van der Waals surface area contributed by atoms with Gasteiger partial charge in [0, 0.05) is 16.2 Å². The van der Waals surface area contributed by atoms with Gasteiger partial charge < -0.3 is 4.74 Å². The fourth-order valence-corrected chi connectivity index (χ4v) is 2.57. The summed E-state index contributed by atoms with van der Waals surface area (Å²) in [5, 5.41) is 8.93. The molecule has 0 atom stereocenters. The number of nitriles is 1. The fraction of sp³-hybridized carbons (Fsp3) is 0.125. The summed E-state index contributed by atoms with van der Waals surface area (Å²) in [6.45, 7) is 0. The van der Waals surface area contributed by atoms with Crippen LogP contribution in [0.25, 0.3) is 0 Å². The standard InChI is InChI=1S/C16H13NO2S/c1-19-16-8-13(2-5-14(16)9-17)11-20-15-6-3-12(10-18)4-7-15/h2-8,10H,11H2,1H3. The summed E-state index contributed by atoms with van der Waals surface area (Å²) in [5.74, 6) is 1.38. The zero-order chi connectivity index (χ0) is 14.4. The first-order valence-corrected chi connectivity index (χ1v) is 7.00. The van der Waals surface area contributed by atoms with Gasteiger partial charge in [0.25, 0.3) is 0 Å². The Morgan fingerprint density at radius 2 is 2.00 bits per heavy atom. The topological polar surface area (TPSA) is 50.1 Å². The van der Waals surface area contributed by atoms with Gasteiger partial charge in [0.1, 0.15) is 18.1 Å². The van der Waals surface area contributed by atoms with E-state index in [1.165, 1.54) is 0 Å². The van der Waals surface area contributed by atoms with Crippen LogP contribution in [0.2, 0.25) is 0 Å². The smallest absolute Gasteiger partial charge is 0.150 e. The van der Waals surface area contributed by atoms with Gasteiger partial charge in [-0.05, 0) is 29.8 Å². The number of methoxy groups -OCH3 is 1. The quantitative estimate of drug-likeness (QED) is 0.620. The SMILES string of the molecule is COc1cc(CSc2ccc(C=O)cc2)ccc1C#N. The first-order chi connectivity index (χ1) is 9.76. The monoisotopic (exact) mass is 283 g/mol. The Morgan fingerprint density at radius 3 is 2.60 bits per heavy atom. The molecule has 3 nitrogen and oxygen atoms in total. The molecule has 0 heterocycles. The Morgan fingerprint density at radius 1 is 1.25 bits per heavy atom. The van der Waals surface area contributed by atoms with Crippen molar-refractivity contribution in [2.75, 3.05) is 7.11 Å². The number of aldehydes is 1. The lowest BCUT2D eigenvalue weighted by atomic mass is 10.1. The largest absolute Gasteiger partial charge is 0.495 e. The molecule has 0 saturated heterocycles. The van der Waals surface area contributed by atoms with Crippen LogP contribution in [-0.2, 0) is 5.75 Å². The Hall–Kier alpha value is -2.25. The number of ether oxygens (including phenoxy) is 1. The van der Waals surface area contributed by atoms with Crippen LogP contribution < -0.4 is 4.74 Å². The Kier molecular flexibility index (Phi) is 4.80. The summed E-state index contributed by atoms with van der Waals surface area (Å²) >= 11 is 1.67. The van der Waals surface area contributed by atoms with E-state index in [1.54, 1.807) is 37.1 Å². The third-order valence-electron chi connectivity index (χ3n) is 2.81. The summed E-state index contributed by atoms with van der Waals surface area (Å²) in [4.78, 5) is 11.7. The van der Waals surface area contributed by atoms with Crippen LogP contribution in [-0.4, -0.2) is 13.4 Å². The molecule has 2 aromatic carbocycles. The predicted octanol–water partition coefficient (Wildman–Crippen LogP) is 3.67. The van der Waals surface area contributed by atoms with Crippen molar-refractivity contribution < 1.29 is 9.53 Å². The van der Waals surface area contributed by atoms with Gasteiger partial charge in [0.2, 0.25) is 0 Å². The molecule has 0 bridgehead atoms. The van der Waals surface area contributed by atoms with E-state index in [2.05, 4.69) is 6.07 Å². The molecule has 2 aromatic rings. The average molecular weight is 283 g/mol. The molecule has 0 fully saturated rings. The number of hydrogen-bond acceptors (Lipinski definition) is 4. The molecule has 0 N–H and O–H groups in total. The molecule has 20 heavy (non-hydrogen) atoms. The van der Waals surface area contributed by atoms with E-state index in [0.717, 1.165) is 22.5 Å². The molecule has 0 aromatic heterocycles. The summed E-state index contributed by atoms with van der Waals surface area (Å²) in [5.41, 5.74) is 2.30. The molecule has 0 aliphatic rings. The second-order valence-corrected chi connectivity index (χ2v) is 5.17. The van der Waals surface area contributed by atoms with Crippen molar-refractivity contribution in [1.82, 2.24) is 0 Å². The van der Waals surface area contributed by atoms with Crippen molar-refractivity contribution in [3.05, 3.63) is 59.2 Å². The molecular weight excluding hydrogens is 270 g/mol. The minimum atomic E-state index is 0.539. The van der Waals surface area contributed by atoms with Gasteiger partial charge in [-0.2, -0.15) is 5.26 Å². The molecule has 0 aliphatic heterocycles. The van der Waals surface area contributed by atoms with Gasteiger partial charge in [0.15, 0.2) is 0 Å². The lowest BCUT2D eigenvalue weighted by Gasteiger charge is -2.06. The number of carbonyl (C=O) groups is 1. The summed E-state index contributed by atoms with van der Waals surface area (Å²) in [6, 6.07) is 15.1. The van der Waals surface area contributed by atoms with Crippen molar-refractivity contribution in [2.45, 2.75) is 10.6 Å². The van der Waals surface area contributed by atoms with Crippen LogP contribution in [0.1, 0.15) is 21.5 Å². The van der Waals surface area contributed by atoms with E-state index in [9.17, 15) is 4.79 Å². The number of rotatable bonds is 5. The number of hydrogen-bond donors (Lipinski definition) is 0. The molecule has 0 amide bonds. The highest BCUT2D eigenvalue weighted by atomic mass is 32.2. The first-order valence-electron chi connectivity index (χ1n) is 6.02. The molecule has 0 unspecified atom stereocenters. The molecule has 100 valence electrons. The second-order valence-electron chi connectivity index (χ2n) is 4.12. The van der Waals surface area contributed by atoms with E-state index in [-0.39, 0.29) is 0 Å². The van der Waals surface area contributed by atoms with Crippen LogP contribution in [0.4, 0.5) is 0 Å². The zero-order valence-electron chi connectivity index (χ0n) is 11.0. The van der Waals surface area contributed by atoms with Crippen molar-refractivity contribution in [2.24, 2.45) is 0 Å². The molecular formula is C16H13NO2S. The van der Waals surface area contributed by atoms with Crippen LogP contribution in [0.15, 0.2) is 47.4 Å².